The molecule has 0 radical (unpaired) electrons. The molecule has 0 bridgehead atoms. The lowest BCUT2D eigenvalue weighted by Crippen LogP contribution is -2.39. The van der Waals surface area contributed by atoms with Crippen LogP contribution in [0.5, 0.6) is 0 Å². The SMILES string of the molecule is Cc1ccc(C)c(N(c2ccc(C#N)cc2)c2cc([Si](C)(C)C)c3ccc4c(N(c5ccc(C#N)cc5)c5cc(C)ccc5C)cc([Si](C)(C)C)c5ccc2c3c45)c1. The Balaban J connectivity index is 1.56. The zero-order chi connectivity index (χ0) is 41.3. The molecule has 8 rings (SSSR count). The highest BCUT2D eigenvalue weighted by Gasteiger charge is 2.31. The molecule has 0 fully saturated rings. The molecule has 0 amide bonds. The monoisotopic (exact) mass is 786 g/mol. The van der Waals surface area contributed by atoms with Crippen LogP contribution in [0.4, 0.5) is 34.1 Å². The molecule has 0 aliphatic heterocycles. The van der Waals surface area contributed by atoms with Gasteiger partial charge in [-0.05, 0) is 144 Å². The van der Waals surface area contributed by atoms with Crippen molar-refractivity contribution in [1.29, 1.82) is 10.5 Å². The second-order valence-corrected chi connectivity index (χ2v) is 28.1. The molecule has 4 nitrogen and oxygen atoms in total. The van der Waals surface area contributed by atoms with E-state index in [0.717, 1.165) is 34.1 Å². The van der Waals surface area contributed by atoms with Gasteiger partial charge in [-0.25, -0.2) is 0 Å². The van der Waals surface area contributed by atoms with Gasteiger partial charge in [0.2, 0.25) is 0 Å². The fraction of sp³-hybridized carbons (Fsp3) is 0.192. The van der Waals surface area contributed by atoms with E-state index in [-0.39, 0.29) is 0 Å². The second kappa shape index (κ2) is 14.3. The molecule has 6 heteroatoms. The van der Waals surface area contributed by atoms with Gasteiger partial charge in [0.1, 0.15) is 0 Å². The van der Waals surface area contributed by atoms with Crippen molar-refractivity contribution in [1.82, 2.24) is 0 Å². The fourth-order valence-electron chi connectivity index (χ4n) is 8.67. The molecule has 0 saturated heterocycles. The number of benzene rings is 8. The van der Waals surface area contributed by atoms with Gasteiger partial charge < -0.3 is 9.80 Å². The zero-order valence-electron chi connectivity index (χ0n) is 35.3. The predicted molar refractivity (Wildman–Crippen MR) is 254 cm³/mol. The average molecular weight is 787 g/mol. The number of aryl methyl sites for hydroxylation is 4. The van der Waals surface area contributed by atoms with Crippen molar-refractivity contribution >= 4 is 93.0 Å². The standard InChI is InChI=1S/C52H50N4Si2/c1-33-11-13-35(3)45(27-33)55(39-19-15-37(31-53)16-20-39)47-29-49(57(5,6)7)43-26-24-42-48(30-50(58(8,9)10)44-25-23-41(47)51(43)52(42)44)56(40-21-17-38(32-54)18-22-40)46-28-34(2)12-14-36(46)4/h11-30H,1-10H3. The fourth-order valence-corrected chi connectivity index (χ4v) is 11.8. The van der Waals surface area contributed by atoms with E-state index >= 15 is 0 Å². The van der Waals surface area contributed by atoms with Crippen molar-refractivity contribution in [3.05, 3.63) is 155 Å². The van der Waals surface area contributed by atoms with E-state index < -0.39 is 16.1 Å². The van der Waals surface area contributed by atoms with Crippen LogP contribution in [0.1, 0.15) is 33.4 Å². The van der Waals surface area contributed by atoms with Crippen molar-refractivity contribution in [2.24, 2.45) is 0 Å². The topological polar surface area (TPSA) is 54.1 Å². The van der Waals surface area contributed by atoms with Crippen LogP contribution in [0.3, 0.4) is 0 Å². The molecule has 0 aliphatic rings. The van der Waals surface area contributed by atoms with Crippen LogP contribution in [0, 0.1) is 50.4 Å². The third-order valence-corrected chi connectivity index (χ3v) is 15.7. The minimum absolute atomic E-state index is 0.643. The predicted octanol–water partition coefficient (Wildman–Crippen LogP) is 13.6. The lowest BCUT2D eigenvalue weighted by molar-refractivity contribution is 1.24. The lowest BCUT2D eigenvalue weighted by atomic mass is 9.91. The molecule has 0 atom stereocenters. The summed E-state index contributed by atoms with van der Waals surface area (Å²) in [5.41, 5.74) is 12.7. The number of hydrogen-bond donors (Lipinski definition) is 0. The molecule has 0 spiro atoms. The molecule has 58 heavy (non-hydrogen) atoms. The van der Waals surface area contributed by atoms with Crippen LogP contribution in [0.15, 0.2) is 121 Å². The van der Waals surface area contributed by atoms with Crippen LogP contribution >= 0.6 is 0 Å². The number of anilines is 6. The van der Waals surface area contributed by atoms with Crippen LogP contribution in [-0.4, -0.2) is 16.1 Å². The molecule has 0 N–H and O–H groups in total. The van der Waals surface area contributed by atoms with E-state index in [9.17, 15) is 10.5 Å². The Labute approximate surface area is 345 Å². The molecular formula is C52H50N4Si2. The summed E-state index contributed by atoms with van der Waals surface area (Å²) in [5, 5.41) is 30.1. The Morgan fingerprint density at radius 2 is 0.741 bits per heavy atom. The molecule has 0 unspecified atom stereocenters. The number of nitriles is 2. The Hall–Kier alpha value is -6.19. The van der Waals surface area contributed by atoms with E-state index in [1.807, 2.05) is 24.3 Å². The van der Waals surface area contributed by atoms with Crippen LogP contribution in [0.2, 0.25) is 39.3 Å². The quantitative estimate of drug-likeness (QED) is 0.114. The largest absolute Gasteiger partial charge is 0.310 e. The number of nitrogens with zero attached hydrogens (tertiary/aromatic N) is 4. The first-order valence-electron chi connectivity index (χ1n) is 20.1. The molecular weight excluding hydrogens is 737 g/mol. The smallest absolute Gasteiger partial charge is 0.0991 e. The van der Waals surface area contributed by atoms with Crippen molar-refractivity contribution < 1.29 is 0 Å². The third kappa shape index (κ3) is 6.63. The van der Waals surface area contributed by atoms with E-state index in [4.69, 9.17) is 0 Å². The highest BCUT2D eigenvalue weighted by atomic mass is 28.3. The normalized spacial score (nSPS) is 11.9. The van der Waals surface area contributed by atoms with Gasteiger partial charge in [0.15, 0.2) is 0 Å². The van der Waals surface area contributed by atoms with Gasteiger partial charge in [-0.3, -0.25) is 0 Å². The van der Waals surface area contributed by atoms with Gasteiger partial charge in [0.25, 0.3) is 0 Å². The Bertz CT molecular complexity index is 2770. The molecule has 286 valence electrons. The summed E-state index contributed by atoms with van der Waals surface area (Å²) in [4.78, 5) is 4.86. The minimum atomic E-state index is -1.96. The first-order chi connectivity index (χ1) is 27.6. The van der Waals surface area contributed by atoms with Gasteiger partial charge in [0, 0.05) is 33.5 Å². The lowest BCUT2D eigenvalue weighted by Gasteiger charge is -2.34. The van der Waals surface area contributed by atoms with E-state index in [0.29, 0.717) is 11.1 Å². The molecule has 8 aromatic carbocycles. The van der Waals surface area contributed by atoms with E-state index in [2.05, 4.69) is 186 Å². The van der Waals surface area contributed by atoms with Crippen molar-refractivity contribution in [2.75, 3.05) is 9.80 Å². The Kier molecular flexibility index (Phi) is 9.55. The molecule has 0 aromatic heterocycles. The Morgan fingerprint density at radius 3 is 1.07 bits per heavy atom. The van der Waals surface area contributed by atoms with Crippen molar-refractivity contribution in [2.45, 2.75) is 67.0 Å². The van der Waals surface area contributed by atoms with E-state index in [1.165, 1.54) is 64.9 Å². The maximum Gasteiger partial charge on any atom is 0.0991 e. The van der Waals surface area contributed by atoms with Crippen LogP contribution < -0.4 is 20.2 Å². The first kappa shape index (κ1) is 38.7. The molecule has 8 aromatic rings. The van der Waals surface area contributed by atoms with Gasteiger partial charge in [0.05, 0.1) is 50.8 Å². The van der Waals surface area contributed by atoms with Gasteiger partial charge in [-0.2, -0.15) is 10.5 Å². The maximum atomic E-state index is 9.77. The second-order valence-electron chi connectivity index (χ2n) is 18.0. The maximum absolute atomic E-state index is 9.77. The van der Waals surface area contributed by atoms with Crippen molar-refractivity contribution in [3.8, 4) is 12.1 Å². The summed E-state index contributed by atoms with van der Waals surface area (Å²) in [6, 6.07) is 48.6. The third-order valence-electron chi connectivity index (χ3n) is 11.7. The van der Waals surface area contributed by atoms with Crippen molar-refractivity contribution in [3.63, 3.8) is 0 Å². The summed E-state index contributed by atoms with van der Waals surface area (Å²) in [6.45, 7) is 23.4. The highest BCUT2D eigenvalue weighted by molar-refractivity contribution is 6.91. The number of hydrogen-bond acceptors (Lipinski definition) is 4. The Morgan fingerprint density at radius 1 is 0.397 bits per heavy atom. The van der Waals surface area contributed by atoms with Gasteiger partial charge in [-0.15, -0.1) is 0 Å². The minimum Gasteiger partial charge on any atom is -0.310 e. The summed E-state index contributed by atoms with van der Waals surface area (Å²) in [7, 11) is -3.91. The molecule has 0 aliphatic carbocycles. The summed E-state index contributed by atoms with van der Waals surface area (Å²) < 4.78 is 0. The number of rotatable bonds is 8. The van der Waals surface area contributed by atoms with Gasteiger partial charge >= 0.3 is 0 Å². The molecule has 0 saturated carbocycles. The highest BCUT2D eigenvalue weighted by Crippen LogP contribution is 2.48. The zero-order valence-corrected chi connectivity index (χ0v) is 37.3. The summed E-state index contributed by atoms with van der Waals surface area (Å²) >= 11 is 0. The van der Waals surface area contributed by atoms with Crippen LogP contribution in [-0.2, 0) is 0 Å². The van der Waals surface area contributed by atoms with Crippen LogP contribution in [0.25, 0.3) is 32.3 Å². The molecule has 0 heterocycles. The first-order valence-corrected chi connectivity index (χ1v) is 27.1. The van der Waals surface area contributed by atoms with E-state index in [1.54, 1.807) is 0 Å². The van der Waals surface area contributed by atoms with Gasteiger partial charge in [-0.1, -0.05) is 98.2 Å². The summed E-state index contributed by atoms with van der Waals surface area (Å²) in [5.74, 6) is 0. The summed E-state index contributed by atoms with van der Waals surface area (Å²) in [6.07, 6.45) is 0. The average Bonchev–Trinajstić information content (AvgIpc) is 3.19.